The van der Waals surface area contributed by atoms with Crippen molar-refractivity contribution < 1.29 is 14.6 Å². The number of carbonyl (C=O) groups excluding carboxylic acids is 1. The molecule has 1 aromatic carbocycles. The van der Waals surface area contributed by atoms with Gasteiger partial charge in [-0.1, -0.05) is 24.3 Å². The predicted octanol–water partition coefficient (Wildman–Crippen LogP) is 3.89. The van der Waals surface area contributed by atoms with Crippen LogP contribution < -0.4 is 15.4 Å². The second-order valence-electron chi connectivity index (χ2n) is 5.49. The van der Waals surface area contributed by atoms with Gasteiger partial charge in [-0.2, -0.15) is 0 Å². The van der Waals surface area contributed by atoms with E-state index in [1.165, 1.54) is 16.2 Å². The van der Waals surface area contributed by atoms with Crippen molar-refractivity contribution in [3.05, 3.63) is 64.9 Å². The largest absolute Gasteiger partial charge is 0.492 e. The molecule has 0 saturated carbocycles. The number of nitrogens with one attached hydrogen (secondary N) is 2. The standard InChI is InChI=1S/C19H20N2O3S2/c22-15(16-8-9-18(26-16)17-7-4-12-25-17)13-21-19(23)20-10-11-24-14-5-2-1-3-6-14/h1-9,12,15,22H,10-11,13H2,(H2,20,21,23)/t15-/m1/s1. The van der Waals surface area contributed by atoms with Crippen LogP contribution in [-0.4, -0.2) is 30.8 Å². The van der Waals surface area contributed by atoms with Gasteiger partial charge in [0, 0.05) is 14.6 Å². The normalized spacial score (nSPS) is 11.7. The predicted molar refractivity (Wildman–Crippen MR) is 106 cm³/mol. The van der Waals surface area contributed by atoms with Crippen LogP contribution >= 0.6 is 22.7 Å². The summed E-state index contributed by atoms with van der Waals surface area (Å²) in [6.07, 6.45) is -0.722. The smallest absolute Gasteiger partial charge is 0.315 e. The zero-order valence-electron chi connectivity index (χ0n) is 14.1. The van der Waals surface area contributed by atoms with Gasteiger partial charge in [-0.3, -0.25) is 0 Å². The number of aliphatic hydroxyl groups excluding tert-OH is 1. The summed E-state index contributed by atoms with van der Waals surface area (Å²) in [5.74, 6) is 0.768. The SMILES string of the molecule is O=C(NCCOc1ccccc1)NC[C@@H](O)c1ccc(-c2cccs2)s1. The highest BCUT2D eigenvalue weighted by atomic mass is 32.1. The van der Waals surface area contributed by atoms with E-state index in [-0.39, 0.29) is 12.6 Å². The molecule has 26 heavy (non-hydrogen) atoms. The third-order valence-electron chi connectivity index (χ3n) is 3.57. The van der Waals surface area contributed by atoms with Gasteiger partial charge >= 0.3 is 6.03 Å². The van der Waals surface area contributed by atoms with E-state index in [1.807, 2.05) is 53.9 Å². The summed E-state index contributed by atoms with van der Waals surface area (Å²) in [7, 11) is 0. The topological polar surface area (TPSA) is 70.6 Å². The van der Waals surface area contributed by atoms with E-state index in [4.69, 9.17) is 4.74 Å². The fourth-order valence-corrected chi connectivity index (χ4v) is 4.11. The Hall–Kier alpha value is -2.35. The minimum atomic E-state index is -0.722. The summed E-state index contributed by atoms with van der Waals surface area (Å²) in [6, 6.07) is 17.1. The maximum absolute atomic E-state index is 11.8. The molecule has 5 nitrogen and oxygen atoms in total. The Morgan fingerprint density at radius 3 is 2.65 bits per heavy atom. The van der Waals surface area contributed by atoms with Gasteiger partial charge in [0.05, 0.1) is 13.1 Å². The molecular formula is C19H20N2O3S2. The molecule has 3 aromatic rings. The first-order valence-corrected chi connectivity index (χ1v) is 9.93. The number of urea groups is 1. The monoisotopic (exact) mass is 388 g/mol. The average Bonchev–Trinajstić information content (AvgIpc) is 3.35. The highest BCUT2D eigenvalue weighted by Crippen LogP contribution is 2.33. The Morgan fingerprint density at radius 1 is 1.04 bits per heavy atom. The van der Waals surface area contributed by atoms with Crippen molar-refractivity contribution in [3.63, 3.8) is 0 Å². The van der Waals surface area contributed by atoms with Crippen molar-refractivity contribution in [3.8, 4) is 15.5 Å². The molecule has 2 amide bonds. The Kier molecular flexibility index (Phi) is 6.65. The van der Waals surface area contributed by atoms with Crippen molar-refractivity contribution >= 4 is 28.7 Å². The lowest BCUT2D eigenvalue weighted by Gasteiger charge is -2.12. The number of rotatable bonds is 8. The van der Waals surface area contributed by atoms with E-state index in [0.717, 1.165) is 15.5 Å². The molecule has 0 spiro atoms. The lowest BCUT2D eigenvalue weighted by molar-refractivity contribution is 0.176. The van der Waals surface area contributed by atoms with E-state index in [0.29, 0.717) is 13.2 Å². The van der Waals surface area contributed by atoms with Crippen LogP contribution in [-0.2, 0) is 0 Å². The number of thiophene rings is 2. The Labute approximate surface area is 160 Å². The molecule has 136 valence electrons. The number of hydrogen-bond acceptors (Lipinski definition) is 5. The highest BCUT2D eigenvalue weighted by molar-refractivity contribution is 7.21. The fraction of sp³-hybridized carbons (Fsp3) is 0.211. The lowest BCUT2D eigenvalue weighted by Crippen LogP contribution is -2.39. The van der Waals surface area contributed by atoms with Crippen molar-refractivity contribution in [2.24, 2.45) is 0 Å². The molecule has 0 aliphatic rings. The molecule has 2 aromatic heterocycles. The maximum Gasteiger partial charge on any atom is 0.315 e. The van der Waals surface area contributed by atoms with Crippen LogP contribution in [0, 0.1) is 0 Å². The molecule has 0 saturated heterocycles. The first kappa shape index (κ1) is 18.4. The van der Waals surface area contributed by atoms with Gasteiger partial charge in [0.15, 0.2) is 0 Å². The van der Waals surface area contributed by atoms with Crippen molar-refractivity contribution in [2.45, 2.75) is 6.10 Å². The summed E-state index contributed by atoms with van der Waals surface area (Å²) in [5, 5.41) is 17.7. The number of benzene rings is 1. The average molecular weight is 389 g/mol. The van der Waals surface area contributed by atoms with Gasteiger partial charge in [-0.15, -0.1) is 22.7 Å². The van der Waals surface area contributed by atoms with Crippen LogP contribution in [0.1, 0.15) is 11.0 Å². The van der Waals surface area contributed by atoms with Gasteiger partial charge in [0.2, 0.25) is 0 Å². The minimum Gasteiger partial charge on any atom is -0.492 e. The van der Waals surface area contributed by atoms with E-state index in [9.17, 15) is 9.90 Å². The van der Waals surface area contributed by atoms with Crippen LogP contribution in [0.25, 0.3) is 9.75 Å². The van der Waals surface area contributed by atoms with Crippen molar-refractivity contribution in [2.75, 3.05) is 19.7 Å². The van der Waals surface area contributed by atoms with Gasteiger partial charge in [0.1, 0.15) is 18.5 Å². The third-order valence-corrected chi connectivity index (χ3v) is 5.83. The summed E-state index contributed by atoms with van der Waals surface area (Å²) in [5.41, 5.74) is 0. The van der Waals surface area contributed by atoms with E-state index in [2.05, 4.69) is 16.7 Å². The van der Waals surface area contributed by atoms with E-state index < -0.39 is 6.10 Å². The molecule has 7 heteroatoms. The number of aliphatic hydroxyl groups is 1. The van der Waals surface area contributed by atoms with Gasteiger partial charge in [0.25, 0.3) is 0 Å². The summed E-state index contributed by atoms with van der Waals surface area (Å²) >= 11 is 3.20. The molecule has 0 radical (unpaired) electrons. The number of para-hydroxylation sites is 1. The van der Waals surface area contributed by atoms with Crippen LogP contribution in [0.15, 0.2) is 60.0 Å². The van der Waals surface area contributed by atoms with Gasteiger partial charge < -0.3 is 20.5 Å². The zero-order valence-corrected chi connectivity index (χ0v) is 15.7. The Balaban J connectivity index is 1.36. The van der Waals surface area contributed by atoms with E-state index >= 15 is 0 Å². The fourth-order valence-electron chi connectivity index (χ4n) is 2.29. The summed E-state index contributed by atoms with van der Waals surface area (Å²) < 4.78 is 5.50. The lowest BCUT2D eigenvalue weighted by atomic mass is 10.3. The molecule has 0 aliphatic heterocycles. The summed E-state index contributed by atoms with van der Waals surface area (Å²) in [4.78, 5) is 14.9. The zero-order chi connectivity index (χ0) is 18.2. The molecule has 3 N–H and O–H groups in total. The van der Waals surface area contributed by atoms with Crippen LogP contribution in [0.3, 0.4) is 0 Å². The van der Waals surface area contributed by atoms with Gasteiger partial charge in [-0.05, 0) is 35.7 Å². The number of amides is 2. The first-order chi connectivity index (χ1) is 12.7. The van der Waals surface area contributed by atoms with Crippen molar-refractivity contribution in [1.29, 1.82) is 0 Å². The third kappa shape index (κ3) is 5.32. The highest BCUT2D eigenvalue weighted by Gasteiger charge is 2.13. The van der Waals surface area contributed by atoms with Crippen molar-refractivity contribution in [1.82, 2.24) is 10.6 Å². The van der Waals surface area contributed by atoms with Crippen LogP contribution in [0.4, 0.5) is 4.79 Å². The second-order valence-corrected chi connectivity index (χ2v) is 7.56. The van der Waals surface area contributed by atoms with E-state index in [1.54, 1.807) is 11.3 Å². The maximum atomic E-state index is 11.8. The van der Waals surface area contributed by atoms with Gasteiger partial charge in [-0.25, -0.2) is 4.79 Å². The number of carbonyl (C=O) groups is 1. The summed E-state index contributed by atoms with van der Waals surface area (Å²) in [6.45, 7) is 0.934. The Morgan fingerprint density at radius 2 is 1.88 bits per heavy atom. The molecule has 0 unspecified atom stereocenters. The minimum absolute atomic E-state index is 0.162. The van der Waals surface area contributed by atoms with Crippen LogP contribution in [0.2, 0.25) is 0 Å². The molecule has 3 rings (SSSR count). The molecule has 0 bridgehead atoms. The molecular weight excluding hydrogens is 368 g/mol. The molecule has 1 atom stereocenters. The Bertz CT molecular complexity index is 803. The quantitative estimate of drug-likeness (QED) is 0.513. The molecule has 0 aliphatic carbocycles. The first-order valence-electron chi connectivity index (χ1n) is 8.23. The van der Waals surface area contributed by atoms with Crippen LogP contribution in [0.5, 0.6) is 5.75 Å². The number of hydrogen-bond donors (Lipinski definition) is 3. The number of ether oxygens (including phenoxy) is 1. The molecule has 2 heterocycles. The molecule has 0 fully saturated rings. The second kappa shape index (κ2) is 9.38.